The van der Waals surface area contributed by atoms with Crippen LogP contribution in [0.4, 0.5) is 0 Å². The van der Waals surface area contributed by atoms with E-state index in [9.17, 15) is 13.2 Å². The maximum absolute atomic E-state index is 12.8. The quantitative estimate of drug-likeness (QED) is 0.500. The van der Waals surface area contributed by atoms with E-state index in [1.807, 2.05) is 35.0 Å². The molecule has 1 saturated heterocycles. The molecule has 0 bridgehead atoms. The Labute approximate surface area is 198 Å². The van der Waals surface area contributed by atoms with Gasteiger partial charge in [0, 0.05) is 66.5 Å². The van der Waals surface area contributed by atoms with Gasteiger partial charge in [0.1, 0.15) is 0 Å². The number of nitriles is 1. The number of rotatable bonds is 6. The van der Waals surface area contributed by atoms with Gasteiger partial charge in [-0.05, 0) is 36.4 Å². The average molecular weight is 483 g/mol. The van der Waals surface area contributed by atoms with Crippen molar-refractivity contribution in [2.75, 3.05) is 26.2 Å². The Hall–Kier alpha value is -3.12. The summed E-state index contributed by atoms with van der Waals surface area (Å²) in [5.41, 5.74) is 1.92. The van der Waals surface area contributed by atoms with E-state index in [4.69, 9.17) is 16.9 Å². The number of sulfonamides is 1. The molecule has 33 heavy (non-hydrogen) atoms. The lowest BCUT2D eigenvalue weighted by molar-refractivity contribution is -0.127. The van der Waals surface area contributed by atoms with Gasteiger partial charge < -0.3 is 9.47 Å². The van der Waals surface area contributed by atoms with E-state index in [0.717, 1.165) is 16.5 Å². The molecule has 2 aromatic carbocycles. The number of benzene rings is 2. The topological polar surface area (TPSA) is 86.4 Å². The van der Waals surface area contributed by atoms with Crippen LogP contribution in [0.5, 0.6) is 0 Å². The van der Waals surface area contributed by atoms with Crippen LogP contribution in [-0.4, -0.2) is 54.3 Å². The Morgan fingerprint density at radius 2 is 1.76 bits per heavy atom. The predicted octanol–water partition coefficient (Wildman–Crippen LogP) is 3.75. The average Bonchev–Trinajstić information content (AvgIpc) is 3.19. The van der Waals surface area contributed by atoms with Gasteiger partial charge in [0.2, 0.25) is 15.9 Å². The Morgan fingerprint density at radius 1 is 1.06 bits per heavy atom. The zero-order chi connectivity index (χ0) is 23.4. The molecule has 1 fully saturated rings. The van der Waals surface area contributed by atoms with Crippen LogP contribution >= 0.6 is 11.6 Å². The lowest BCUT2D eigenvalue weighted by Gasteiger charge is -2.33. The molecule has 0 saturated carbocycles. The summed E-state index contributed by atoms with van der Waals surface area (Å²) in [6.45, 7) is 1.69. The van der Waals surface area contributed by atoms with E-state index in [1.165, 1.54) is 22.5 Å². The molecule has 1 aromatic heterocycles. The summed E-state index contributed by atoms with van der Waals surface area (Å²) in [6.07, 6.45) is 5.66. The summed E-state index contributed by atoms with van der Waals surface area (Å²) in [5, 5.41) is 10.4. The lowest BCUT2D eigenvalue weighted by atomic mass is 10.1. The van der Waals surface area contributed by atoms with Crippen LogP contribution in [0.25, 0.3) is 17.0 Å². The summed E-state index contributed by atoms with van der Waals surface area (Å²) in [5.74, 6) is -0.160. The predicted molar refractivity (Wildman–Crippen MR) is 128 cm³/mol. The van der Waals surface area contributed by atoms with Crippen molar-refractivity contribution in [2.24, 2.45) is 0 Å². The van der Waals surface area contributed by atoms with E-state index in [1.54, 1.807) is 23.1 Å². The van der Waals surface area contributed by atoms with Crippen molar-refractivity contribution < 1.29 is 13.2 Å². The number of halogens is 1. The van der Waals surface area contributed by atoms with Gasteiger partial charge in [0.05, 0.1) is 17.4 Å². The van der Waals surface area contributed by atoms with E-state index in [-0.39, 0.29) is 23.9 Å². The van der Waals surface area contributed by atoms with Gasteiger partial charge in [-0.2, -0.15) is 9.57 Å². The van der Waals surface area contributed by atoms with Crippen molar-refractivity contribution in [1.82, 2.24) is 13.8 Å². The molecule has 2 heterocycles. The smallest absolute Gasteiger partial charge is 0.246 e. The third kappa shape index (κ3) is 4.96. The zero-order valence-electron chi connectivity index (χ0n) is 17.9. The first-order valence-corrected chi connectivity index (χ1v) is 12.4. The van der Waals surface area contributed by atoms with Crippen LogP contribution in [0, 0.1) is 11.3 Å². The van der Waals surface area contributed by atoms with E-state index in [0.29, 0.717) is 31.1 Å². The molecule has 0 unspecified atom stereocenters. The van der Waals surface area contributed by atoms with Gasteiger partial charge in [0.25, 0.3) is 0 Å². The molecule has 0 atom stereocenters. The fourth-order valence-electron chi connectivity index (χ4n) is 3.93. The number of amides is 1. The van der Waals surface area contributed by atoms with Gasteiger partial charge >= 0.3 is 0 Å². The third-order valence-electron chi connectivity index (χ3n) is 5.69. The number of aromatic nitrogens is 1. The molecule has 0 aliphatic carbocycles. The molecule has 1 aliphatic heterocycles. The van der Waals surface area contributed by atoms with Crippen molar-refractivity contribution in [1.29, 1.82) is 5.26 Å². The zero-order valence-corrected chi connectivity index (χ0v) is 19.5. The van der Waals surface area contributed by atoms with Crippen LogP contribution < -0.4 is 0 Å². The number of piperazine rings is 1. The van der Waals surface area contributed by atoms with Gasteiger partial charge in [-0.25, -0.2) is 8.42 Å². The highest BCUT2D eigenvalue weighted by Crippen LogP contribution is 2.23. The molecule has 7 nitrogen and oxygen atoms in total. The number of hydrogen-bond donors (Lipinski definition) is 0. The minimum Gasteiger partial charge on any atom is -0.346 e. The second kappa shape index (κ2) is 9.79. The highest BCUT2D eigenvalue weighted by molar-refractivity contribution is 7.89. The van der Waals surface area contributed by atoms with Crippen molar-refractivity contribution in [3.05, 3.63) is 71.4 Å². The second-order valence-electron chi connectivity index (χ2n) is 7.72. The lowest BCUT2D eigenvalue weighted by Crippen LogP contribution is -2.50. The standard InChI is InChI=1S/C24H23ClN4O3S/c25-20-7-9-21(10-8-20)33(31,32)29-16-14-27(15-17-29)24(30)11-6-19-18-28(13-3-12-26)23-5-2-1-4-22(19)23/h1-2,4-11,18H,3,13-17H2/b11-6+. The van der Waals surface area contributed by atoms with Crippen molar-refractivity contribution >= 4 is 44.5 Å². The SMILES string of the molecule is N#CCCn1cc(/C=C/C(=O)N2CCN(S(=O)(=O)c3ccc(Cl)cc3)CC2)c2ccccc21. The van der Waals surface area contributed by atoms with E-state index >= 15 is 0 Å². The number of nitrogens with zero attached hydrogens (tertiary/aromatic N) is 4. The molecule has 4 rings (SSSR count). The number of carbonyl (C=O) groups excluding carboxylic acids is 1. The van der Waals surface area contributed by atoms with Crippen LogP contribution in [0.1, 0.15) is 12.0 Å². The van der Waals surface area contributed by atoms with E-state index in [2.05, 4.69) is 6.07 Å². The number of hydrogen-bond acceptors (Lipinski definition) is 4. The Morgan fingerprint density at radius 3 is 2.45 bits per heavy atom. The summed E-state index contributed by atoms with van der Waals surface area (Å²) < 4.78 is 29.1. The highest BCUT2D eigenvalue weighted by atomic mass is 35.5. The summed E-state index contributed by atoms with van der Waals surface area (Å²) in [4.78, 5) is 14.6. The molecule has 3 aromatic rings. The molecule has 1 aliphatic rings. The molecule has 0 spiro atoms. The first-order valence-electron chi connectivity index (χ1n) is 10.6. The first kappa shape index (κ1) is 23.1. The maximum atomic E-state index is 12.8. The number of carbonyl (C=O) groups is 1. The summed E-state index contributed by atoms with van der Waals surface area (Å²) in [7, 11) is -3.62. The summed E-state index contributed by atoms with van der Waals surface area (Å²) >= 11 is 5.86. The minimum absolute atomic E-state index is 0.160. The number of aryl methyl sites for hydroxylation is 1. The Kier molecular flexibility index (Phi) is 6.84. The fourth-order valence-corrected chi connectivity index (χ4v) is 5.48. The normalized spacial score (nSPS) is 15.2. The molecule has 9 heteroatoms. The van der Waals surface area contributed by atoms with Crippen molar-refractivity contribution in [2.45, 2.75) is 17.9 Å². The molecule has 170 valence electrons. The van der Waals surface area contributed by atoms with Gasteiger partial charge in [0.15, 0.2) is 0 Å². The largest absolute Gasteiger partial charge is 0.346 e. The van der Waals surface area contributed by atoms with E-state index < -0.39 is 10.0 Å². The number of fused-ring (bicyclic) bond motifs is 1. The number of para-hydroxylation sites is 1. The fraction of sp³-hybridized carbons (Fsp3) is 0.250. The molecular formula is C24H23ClN4O3S. The van der Waals surface area contributed by atoms with Gasteiger partial charge in [-0.15, -0.1) is 0 Å². The van der Waals surface area contributed by atoms with Crippen molar-refractivity contribution in [3.8, 4) is 6.07 Å². The van der Waals surface area contributed by atoms with Crippen LogP contribution in [0.15, 0.2) is 65.7 Å². The Bertz CT molecular complexity index is 1330. The monoisotopic (exact) mass is 482 g/mol. The molecular weight excluding hydrogens is 460 g/mol. The molecule has 0 radical (unpaired) electrons. The summed E-state index contributed by atoms with van der Waals surface area (Å²) in [6, 6.07) is 16.1. The Balaban J connectivity index is 1.43. The minimum atomic E-state index is -3.62. The van der Waals surface area contributed by atoms with Gasteiger partial charge in [-0.3, -0.25) is 4.79 Å². The molecule has 1 amide bonds. The first-order chi connectivity index (χ1) is 15.9. The second-order valence-corrected chi connectivity index (χ2v) is 10.1. The highest BCUT2D eigenvalue weighted by Gasteiger charge is 2.29. The van der Waals surface area contributed by atoms with Crippen LogP contribution in [0.2, 0.25) is 5.02 Å². The third-order valence-corrected chi connectivity index (χ3v) is 7.86. The molecule has 0 N–H and O–H groups in total. The van der Waals surface area contributed by atoms with Crippen LogP contribution in [0.3, 0.4) is 0 Å². The maximum Gasteiger partial charge on any atom is 0.246 e. The van der Waals surface area contributed by atoms with Crippen molar-refractivity contribution in [3.63, 3.8) is 0 Å². The van der Waals surface area contributed by atoms with Gasteiger partial charge in [-0.1, -0.05) is 29.8 Å². The van der Waals surface area contributed by atoms with Crippen LogP contribution in [-0.2, 0) is 21.4 Å².